The van der Waals surface area contributed by atoms with Crippen molar-refractivity contribution in [2.45, 2.75) is 40.5 Å². The Balaban J connectivity index is 3.23. The van der Waals surface area contributed by atoms with Gasteiger partial charge in [0.05, 0.1) is 0 Å². The van der Waals surface area contributed by atoms with Crippen LogP contribution < -0.4 is 9.47 Å². The average Bonchev–Trinajstić information content (AvgIpc) is 2.28. The number of carbonyl (C=O) groups excluding carboxylic acids is 2. The van der Waals surface area contributed by atoms with E-state index >= 15 is 0 Å². The van der Waals surface area contributed by atoms with Gasteiger partial charge in [-0.3, -0.25) is 9.59 Å². The highest BCUT2D eigenvalue weighted by Crippen LogP contribution is 2.30. The van der Waals surface area contributed by atoms with Crippen molar-refractivity contribution >= 4 is 11.9 Å². The van der Waals surface area contributed by atoms with E-state index in [2.05, 4.69) is 0 Å². The highest BCUT2D eigenvalue weighted by Gasteiger charge is 2.13. The molecule has 1 rings (SSSR count). The van der Waals surface area contributed by atoms with Crippen molar-refractivity contribution < 1.29 is 19.1 Å². The van der Waals surface area contributed by atoms with Crippen LogP contribution in [0.1, 0.15) is 38.8 Å². The fourth-order valence-electron chi connectivity index (χ4n) is 1.71. The Kier molecular flexibility index (Phi) is 4.89. The second-order valence-electron chi connectivity index (χ2n) is 3.96. The second-order valence-corrected chi connectivity index (χ2v) is 3.96. The molecule has 0 aliphatic carbocycles. The number of rotatable bonds is 4. The Hall–Kier alpha value is -1.84. The van der Waals surface area contributed by atoms with Gasteiger partial charge in [-0.25, -0.2) is 0 Å². The Morgan fingerprint density at radius 2 is 1.28 bits per heavy atom. The SMILES string of the molecule is CCc1cc(CC)c(OC(C)=O)cc1OC(C)=O. The first-order valence-corrected chi connectivity index (χ1v) is 6.00. The quantitative estimate of drug-likeness (QED) is 0.609. The Morgan fingerprint density at radius 3 is 1.56 bits per heavy atom. The van der Waals surface area contributed by atoms with Crippen LogP contribution in [0.2, 0.25) is 0 Å². The molecule has 4 nitrogen and oxygen atoms in total. The van der Waals surface area contributed by atoms with Crippen LogP contribution in [0.25, 0.3) is 0 Å². The summed E-state index contributed by atoms with van der Waals surface area (Å²) in [6, 6.07) is 3.52. The van der Waals surface area contributed by atoms with Crippen LogP contribution in [0.4, 0.5) is 0 Å². The van der Waals surface area contributed by atoms with Gasteiger partial charge in [0.2, 0.25) is 0 Å². The van der Waals surface area contributed by atoms with Crippen molar-refractivity contribution in [1.82, 2.24) is 0 Å². The fraction of sp³-hybridized carbons (Fsp3) is 0.429. The molecule has 0 saturated heterocycles. The summed E-state index contributed by atoms with van der Waals surface area (Å²) in [5, 5.41) is 0. The molecule has 0 bridgehead atoms. The van der Waals surface area contributed by atoms with Gasteiger partial charge in [-0.1, -0.05) is 13.8 Å². The maximum atomic E-state index is 11.0. The van der Waals surface area contributed by atoms with Crippen molar-refractivity contribution in [2.24, 2.45) is 0 Å². The maximum absolute atomic E-state index is 11.0. The van der Waals surface area contributed by atoms with Gasteiger partial charge >= 0.3 is 11.9 Å². The van der Waals surface area contributed by atoms with Gasteiger partial charge in [-0.15, -0.1) is 0 Å². The molecule has 0 aromatic heterocycles. The van der Waals surface area contributed by atoms with Crippen LogP contribution in [-0.2, 0) is 22.4 Å². The molecular weight excluding hydrogens is 232 g/mol. The zero-order chi connectivity index (χ0) is 13.7. The molecule has 0 atom stereocenters. The van der Waals surface area contributed by atoms with Crippen LogP contribution in [0.3, 0.4) is 0 Å². The molecule has 0 spiro atoms. The van der Waals surface area contributed by atoms with Gasteiger partial charge in [0, 0.05) is 19.9 Å². The van der Waals surface area contributed by atoms with Crippen molar-refractivity contribution in [1.29, 1.82) is 0 Å². The molecule has 0 aliphatic heterocycles. The first kappa shape index (κ1) is 14.2. The predicted molar refractivity (Wildman–Crippen MR) is 67.8 cm³/mol. The van der Waals surface area contributed by atoms with E-state index in [0.29, 0.717) is 11.5 Å². The average molecular weight is 250 g/mol. The number of aryl methyl sites for hydroxylation is 2. The third-order valence-electron chi connectivity index (χ3n) is 2.51. The van der Waals surface area contributed by atoms with Crippen molar-refractivity contribution in [3.05, 3.63) is 23.3 Å². The monoisotopic (exact) mass is 250 g/mol. The van der Waals surface area contributed by atoms with E-state index in [1.807, 2.05) is 19.9 Å². The van der Waals surface area contributed by atoms with E-state index in [1.54, 1.807) is 6.07 Å². The Morgan fingerprint density at radius 1 is 0.889 bits per heavy atom. The molecule has 1 aromatic rings. The van der Waals surface area contributed by atoms with Gasteiger partial charge in [0.15, 0.2) is 0 Å². The van der Waals surface area contributed by atoms with Crippen molar-refractivity contribution in [3.63, 3.8) is 0 Å². The first-order valence-electron chi connectivity index (χ1n) is 6.00. The van der Waals surface area contributed by atoms with Crippen LogP contribution >= 0.6 is 0 Å². The van der Waals surface area contributed by atoms with Crippen LogP contribution in [0, 0.1) is 0 Å². The summed E-state index contributed by atoms with van der Waals surface area (Å²) in [5.74, 6) is 0.141. The number of hydrogen-bond acceptors (Lipinski definition) is 4. The summed E-state index contributed by atoms with van der Waals surface area (Å²) in [6.45, 7) is 6.65. The molecule has 0 heterocycles. The van der Waals surface area contributed by atoms with E-state index in [1.165, 1.54) is 13.8 Å². The summed E-state index contributed by atoms with van der Waals surface area (Å²) >= 11 is 0. The minimum absolute atomic E-state index is 0.386. The number of ether oxygens (including phenoxy) is 2. The molecule has 4 heteroatoms. The third-order valence-corrected chi connectivity index (χ3v) is 2.51. The standard InChI is InChI=1S/C14H18O4/c1-5-11-7-12(6-2)14(18-10(4)16)8-13(11)17-9(3)15/h7-8H,5-6H2,1-4H3. The summed E-state index contributed by atoms with van der Waals surface area (Å²) in [5.41, 5.74) is 1.86. The normalized spacial score (nSPS) is 10.0. The molecule has 1 aromatic carbocycles. The molecule has 0 amide bonds. The first-order chi connectivity index (χ1) is 8.47. The molecule has 18 heavy (non-hydrogen) atoms. The van der Waals surface area contributed by atoms with Gasteiger partial charge in [-0.2, -0.15) is 0 Å². The van der Waals surface area contributed by atoms with Gasteiger partial charge in [0.25, 0.3) is 0 Å². The third kappa shape index (κ3) is 3.58. The van der Waals surface area contributed by atoms with E-state index in [9.17, 15) is 9.59 Å². The lowest BCUT2D eigenvalue weighted by Gasteiger charge is -2.13. The number of benzene rings is 1. The predicted octanol–water partition coefficient (Wildman–Crippen LogP) is 2.66. The molecule has 0 fully saturated rings. The Bertz CT molecular complexity index is 424. The molecule has 0 saturated carbocycles. The van der Waals surface area contributed by atoms with Crippen LogP contribution in [0.15, 0.2) is 12.1 Å². The summed E-state index contributed by atoms with van der Waals surface area (Å²) in [4.78, 5) is 22.1. The molecule has 0 radical (unpaired) electrons. The van der Waals surface area contributed by atoms with E-state index in [4.69, 9.17) is 9.47 Å². The minimum atomic E-state index is -0.386. The van der Waals surface area contributed by atoms with E-state index < -0.39 is 0 Å². The smallest absolute Gasteiger partial charge is 0.308 e. The highest BCUT2D eigenvalue weighted by molar-refractivity contribution is 5.72. The topological polar surface area (TPSA) is 52.6 Å². The molecule has 98 valence electrons. The van der Waals surface area contributed by atoms with Crippen molar-refractivity contribution in [3.8, 4) is 11.5 Å². The van der Waals surface area contributed by atoms with Crippen molar-refractivity contribution in [2.75, 3.05) is 0 Å². The molecule has 0 N–H and O–H groups in total. The Labute approximate surface area is 107 Å². The molecule has 0 unspecified atom stereocenters. The lowest BCUT2D eigenvalue weighted by atomic mass is 10.0. The van der Waals surface area contributed by atoms with Crippen LogP contribution in [0.5, 0.6) is 11.5 Å². The van der Waals surface area contributed by atoms with E-state index in [0.717, 1.165) is 24.0 Å². The number of esters is 2. The van der Waals surface area contributed by atoms with Gasteiger partial charge in [-0.05, 0) is 30.0 Å². The highest BCUT2D eigenvalue weighted by atomic mass is 16.5. The second kappa shape index (κ2) is 6.19. The molecular formula is C14H18O4. The lowest BCUT2D eigenvalue weighted by molar-refractivity contribution is -0.132. The van der Waals surface area contributed by atoms with Gasteiger partial charge in [0.1, 0.15) is 11.5 Å². The van der Waals surface area contributed by atoms with E-state index in [-0.39, 0.29) is 11.9 Å². The minimum Gasteiger partial charge on any atom is -0.426 e. The summed E-state index contributed by atoms with van der Waals surface area (Å²) in [6.07, 6.45) is 1.49. The summed E-state index contributed by atoms with van der Waals surface area (Å²) in [7, 11) is 0. The molecule has 0 aliphatic rings. The number of carbonyl (C=O) groups is 2. The largest absolute Gasteiger partial charge is 0.426 e. The maximum Gasteiger partial charge on any atom is 0.308 e. The summed E-state index contributed by atoms with van der Waals surface area (Å²) < 4.78 is 10.3. The lowest BCUT2D eigenvalue weighted by Crippen LogP contribution is -2.08. The van der Waals surface area contributed by atoms with Gasteiger partial charge < -0.3 is 9.47 Å². The number of hydrogen-bond donors (Lipinski definition) is 0. The fourth-order valence-corrected chi connectivity index (χ4v) is 1.71. The zero-order valence-corrected chi connectivity index (χ0v) is 11.2. The zero-order valence-electron chi connectivity index (χ0n) is 11.2. The van der Waals surface area contributed by atoms with Crippen LogP contribution in [-0.4, -0.2) is 11.9 Å².